The number of likely N-dealkylation sites (tertiary alicyclic amines) is 1. The van der Waals surface area contributed by atoms with Crippen LogP contribution in [0, 0.1) is 15.9 Å². The van der Waals surface area contributed by atoms with Gasteiger partial charge in [-0.05, 0) is 6.07 Å². The summed E-state index contributed by atoms with van der Waals surface area (Å²) < 4.78 is 39.2. The van der Waals surface area contributed by atoms with Gasteiger partial charge in [0.2, 0.25) is 5.82 Å². The van der Waals surface area contributed by atoms with E-state index >= 15 is 0 Å². The van der Waals surface area contributed by atoms with Crippen LogP contribution in [0.2, 0.25) is 0 Å². The molecular weight excluding hydrogens is 333 g/mol. The number of nitrogens with zero attached hydrogens (tertiary/aromatic N) is 2. The van der Waals surface area contributed by atoms with Crippen LogP contribution >= 0.6 is 15.9 Å². The van der Waals surface area contributed by atoms with E-state index in [0.29, 0.717) is 0 Å². The first kappa shape index (κ1) is 13.8. The zero-order chi connectivity index (χ0) is 14.4. The number of amides is 1. The van der Waals surface area contributed by atoms with Crippen molar-refractivity contribution in [2.45, 2.75) is 5.92 Å². The minimum atomic E-state index is -2.98. The maximum Gasteiger partial charge on any atom is 0.306 e. The Bertz CT molecular complexity index is 571. The smallest absolute Gasteiger partial charge is 0.306 e. The zero-order valence-corrected chi connectivity index (χ0v) is 10.8. The number of halogens is 4. The van der Waals surface area contributed by atoms with Gasteiger partial charge in [-0.2, -0.15) is 4.39 Å². The molecule has 2 rings (SSSR count). The topological polar surface area (TPSA) is 63.4 Å². The number of nitro groups is 1. The maximum absolute atomic E-state index is 13.8. The highest BCUT2D eigenvalue weighted by atomic mass is 79.9. The highest BCUT2D eigenvalue weighted by Crippen LogP contribution is 2.31. The summed E-state index contributed by atoms with van der Waals surface area (Å²) in [4.78, 5) is 22.1. The third-order valence-electron chi connectivity index (χ3n) is 2.58. The largest absolute Gasteiger partial charge is 0.326 e. The SMILES string of the molecule is O=C(c1cc(Br)cc([N+](=O)[O-])c1F)N1CC(F)(F)C1. The van der Waals surface area contributed by atoms with Crippen molar-refractivity contribution in [1.29, 1.82) is 0 Å². The molecule has 0 aliphatic carbocycles. The quantitative estimate of drug-likeness (QED) is 0.615. The molecule has 1 aromatic carbocycles. The molecule has 0 spiro atoms. The van der Waals surface area contributed by atoms with Gasteiger partial charge < -0.3 is 4.90 Å². The first-order valence-electron chi connectivity index (χ1n) is 5.02. The summed E-state index contributed by atoms with van der Waals surface area (Å²) in [5.74, 6) is -5.30. The lowest BCUT2D eigenvalue weighted by molar-refractivity contribution is -0.387. The van der Waals surface area contributed by atoms with Gasteiger partial charge in [-0.15, -0.1) is 0 Å². The normalized spacial score (nSPS) is 16.9. The van der Waals surface area contributed by atoms with Crippen molar-refractivity contribution in [3.8, 4) is 0 Å². The summed E-state index contributed by atoms with van der Waals surface area (Å²) in [7, 11) is 0. The second kappa shape index (κ2) is 4.48. The molecule has 0 saturated carbocycles. The van der Waals surface area contributed by atoms with Crippen molar-refractivity contribution >= 4 is 27.5 Å². The van der Waals surface area contributed by atoms with Gasteiger partial charge in [0.05, 0.1) is 23.6 Å². The van der Waals surface area contributed by atoms with Gasteiger partial charge in [0.25, 0.3) is 11.8 Å². The molecule has 1 aliphatic heterocycles. The fraction of sp³-hybridized carbons (Fsp3) is 0.300. The monoisotopic (exact) mass is 338 g/mol. The van der Waals surface area contributed by atoms with Crippen molar-refractivity contribution in [3.63, 3.8) is 0 Å². The van der Waals surface area contributed by atoms with Gasteiger partial charge >= 0.3 is 5.69 Å². The highest BCUT2D eigenvalue weighted by Gasteiger charge is 2.47. The lowest BCUT2D eigenvalue weighted by atomic mass is 10.1. The number of hydrogen-bond acceptors (Lipinski definition) is 3. The van der Waals surface area contributed by atoms with Crippen molar-refractivity contribution in [1.82, 2.24) is 4.90 Å². The summed E-state index contributed by atoms with van der Waals surface area (Å²) in [6.07, 6.45) is 0. The summed E-state index contributed by atoms with van der Waals surface area (Å²) in [5, 5.41) is 10.6. The first-order valence-corrected chi connectivity index (χ1v) is 5.81. The van der Waals surface area contributed by atoms with Crippen LogP contribution < -0.4 is 0 Å². The Hall–Kier alpha value is -1.64. The van der Waals surface area contributed by atoms with Crippen LogP contribution in [0.3, 0.4) is 0 Å². The number of benzene rings is 1. The number of carbonyl (C=O) groups excluding carboxylic acids is 1. The van der Waals surface area contributed by atoms with Gasteiger partial charge in [0.1, 0.15) is 0 Å². The van der Waals surface area contributed by atoms with E-state index in [1.165, 1.54) is 0 Å². The Labute approximate surface area is 113 Å². The third-order valence-corrected chi connectivity index (χ3v) is 3.03. The zero-order valence-electron chi connectivity index (χ0n) is 9.20. The summed E-state index contributed by atoms with van der Waals surface area (Å²) in [6.45, 7) is -1.63. The van der Waals surface area contributed by atoms with Crippen LogP contribution in [0.1, 0.15) is 10.4 Å². The Kier molecular flexibility index (Phi) is 3.25. The van der Waals surface area contributed by atoms with Gasteiger partial charge in [-0.1, -0.05) is 15.9 Å². The van der Waals surface area contributed by atoms with E-state index in [1.54, 1.807) is 0 Å². The Morgan fingerprint density at radius 1 is 1.42 bits per heavy atom. The van der Waals surface area contributed by atoms with Crippen molar-refractivity contribution in [3.05, 3.63) is 38.1 Å². The van der Waals surface area contributed by atoms with E-state index in [1.807, 2.05) is 0 Å². The van der Waals surface area contributed by atoms with E-state index in [9.17, 15) is 28.1 Å². The molecule has 0 bridgehead atoms. The van der Waals surface area contributed by atoms with E-state index in [0.717, 1.165) is 17.0 Å². The lowest BCUT2D eigenvalue weighted by Crippen LogP contribution is -2.58. The number of alkyl halides is 2. The molecule has 9 heteroatoms. The summed E-state index contributed by atoms with van der Waals surface area (Å²) in [5.41, 5.74) is -1.48. The van der Waals surface area contributed by atoms with Crippen LogP contribution in [-0.2, 0) is 0 Å². The molecule has 0 unspecified atom stereocenters. The van der Waals surface area contributed by atoms with Crippen molar-refractivity contribution in [2.24, 2.45) is 0 Å². The molecule has 1 fully saturated rings. The minimum absolute atomic E-state index is 0.122. The predicted octanol–water partition coefficient (Wildman–Crippen LogP) is 2.59. The molecular formula is C10H6BrF3N2O3. The molecule has 0 N–H and O–H groups in total. The lowest BCUT2D eigenvalue weighted by Gasteiger charge is -2.38. The average Bonchev–Trinajstić information content (AvgIpc) is 2.27. The van der Waals surface area contributed by atoms with Crippen molar-refractivity contribution in [2.75, 3.05) is 13.1 Å². The van der Waals surface area contributed by atoms with Crippen LogP contribution in [0.5, 0.6) is 0 Å². The predicted molar refractivity (Wildman–Crippen MR) is 61.6 cm³/mol. The van der Waals surface area contributed by atoms with Crippen molar-refractivity contribution < 1.29 is 22.9 Å². The number of nitro benzene ring substituents is 1. The molecule has 0 atom stereocenters. The molecule has 19 heavy (non-hydrogen) atoms. The maximum atomic E-state index is 13.8. The average molecular weight is 339 g/mol. The Morgan fingerprint density at radius 2 is 2.00 bits per heavy atom. The van der Waals surface area contributed by atoms with Crippen LogP contribution in [-0.4, -0.2) is 34.7 Å². The standard InChI is InChI=1S/C10H6BrF3N2O3/c11-5-1-6(8(12)7(2-5)16(18)19)9(17)15-3-10(13,14)4-15/h1-2H,3-4H2. The molecule has 0 aromatic heterocycles. The third kappa shape index (κ3) is 2.55. The van der Waals surface area contributed by atoms with Gasteiger partial charge in [-0.3, -0.25) is 14.9 Å². The molecule has 1 amide bonds. The Balaban J connectivity index is 2.35. The van der Waals surface area contributed by atoms with Gasteiger partial charge in [0, 0.05) is 10.5 Å². The van der Waals surface area contributed by atoms with E-state index < -0.39 is 46.9 Å². The van der Waals surface area contributed by atoms with Crippen LogP contribution in [0.4, 0.5) is 18.9 Å². The molecule has 1 aromatic rings. The first-order chi connectivity index (χ1) is 8.71. The van der Waals surface area contributed by atoms with E-state index in [2.05, 4.69) is 15.9 Å². The minimum Gasteiger partial charge on any atom is -0.326 e. The molecule has 5 nitrogen and oxygen atoms in total. The fourth-order valence-corrected chi connectivity index (χ4v) is 2.14. The number of hydrogen-bond donors (Lipinski definition) is 0. The Morgan fingerprint density at radius 3 is 2.47 bits per heavy atom. The second-order valence-electron chi connectivity index (χ2n) is 4.06. The summed E-state index contributed by atoms with van der Waals surface area (Å²) in [6, 6.07) is 1.93. The van der Waals surface area contributed by atoms with Gasteiger partial charge in [-0.25, -0.2) is 8.78 Å². The van der Waals surface area contributed by atoms with Crippen LogP contribution in [0.15, 0.2) is 16.6 Å². The van der Waals surface area contributed by atoms with Gasteiger partial charge in [0.15, 0.2) is 0 Å². The molecule has 1 aliphatic rings. The van der Waals surface area contributed by atoms with E-state index in [4.69, 9.17) is 0 Å². The number of rotatable bonds is 2. The van der Waals surface area contributed by atoms with E-state index in [-0.39, 0.29) is 4.47 Å². The number of carbonyl (C=O) groups is 1. The highest BCUT2D eigenvalue weighted by molar-refractivity contribution is 9.10. The summed E-state index contributed by atoms with van der Waals surface area (Å²) >= 11 is 2.91. The fourth-order valence-electron chi connectivity index (χ4n) is 1.69. The molecule has 1 saturated heterocycles. The molecule has 0 radical (unpaired) electrons. The molecule has 1 heterocycles. The molecule has 102 valence electrons. The van der Waals surface area contributed by atoms with Crippen LogP contribution in [0.25, 0.3) is 0 Å². The second-order valence-corrected chi connectivity index (χ2v) is 4.98.